The van der Waals surface area contributed by atoms with Gasteiger partial charge in [-0.3, -0.25) is 4.79 Å². The van der Waals surface area contributed by atoms with Gasteiger partial charge in [0.25, 0.3) is 0 Å². The first-order valence-electron chi connectivity index (χ1n) is 8.03. The predicted molar refractivity (Wildman–Crippen MR) is 97.0 cm³/mol. The van der Waals surface area contributed by atoms with E-state index in [0.29, 0.717) is 11.1 Å². The fourth-order valence-electron chi connectivity index (χ4n) is 2.92. The van der Waals surface area contributed by atoms with Gasteiger partial charge in [0.15, 0.2) is 5.78 Å². The van der Waals surface area contributed by atoms with Gasteiger partial charge in [-0.1, -0.05) is 26.0 Å². The minimum atomic E-state index is -3.69. The van der Waals surface area contributed by atoms with Crippen LogP contribution in [0, 0.1) is 0 Å². The molecule has 7 nitrogen and oxygen atoms in total. The molecule has 0 amide bonds. The summed E-state index contributed by atoms with van der Waals surface area (Å²) in [4.78, 5) is 12.7. The molecule has 2 aromatic carbocycles. The number of rotatable bonds is 6. The maximum atomic E-state index is 12.7. The summed E-state index contributed by atoms with van der Waals surface area (Å²) >= 11 is 0. The molecule has 0 heterocycles. The van der Waals surface area contributed by atoms with Crippen LogP contribution in [0.1, 0.15) is 29.8 Å². The van der Waals surface area contributed by atoms with Crippen LogP contribution in [-0.4, -0.2) is 35.7 Å². The van der Waals surface area contributed by atoms with E-state index in [1.165, 1.54) is 24.3 Å². The van der Waals surface area contributed by atoms with Crippen LogP contribution in [0.3, 0.4) is 0 Å². The Morgan fingerprint density at radius 1 is 0.692 bits per heavy atom. The van der Waals surface area contributed by atoms with Crippen molar-refractivity contribution in [1.82, 2.24) is 9.44 Å². The maximum Gasteiger partial charge on any atom is 0.240 e. The normalized spacial score (nSPS) is 13.5. The smallest absolute Gasteiger partial charge is 0.240 e. The predicted octanol–water partition coefficient (Wildman–Crippen LogP) is 1.49. The molecule has 0 unspecified atom stereocenters. The Hall–Kier alpha value is -2.07. The van der Waals surface area contributed by atoms with Crippen molar-refractivity contribution in [1.29, 1.82) is 0 Å². The topological polar surface area (TPSA) is 109 Å². The zero-order chi connectivity index (χ0) is 19.1. The average Bonchev–Trinajstić information content (AvgIpc) is 2.87. The molecule has 0 saturated heterocycles. The molecule has 138 valence electrons. The van der Waals surface area contributed by atoms with E-state index in [1.54, 1.807) is 26.0 Å². The molecular weight excluding hydrogens is 376 g/mol. The second kappa shape index (κ2) is 6.58. The molecular formula is C17H18N2O5S2. The van der Waals surface area contributed by atoms with Crippen LogP contribution < -0.4 is 9.44 Å². The number of ketones is 1. The third kappa shape index (κ3) is 3.07. The minimum absolute atomic E-state index is 0.000231. The maximum absolute atomic E-state index is 12.7. The molecule has 0 aromatic heterocycles. The largest absolute Gasteiger partial charge is 0.289 e. The molecule has 2 N–H and O–H groups in total. The highest BCUT2D eigenvalue weighted by molar-refractivity contribution is 7.89. The first-order chi connectivity index (χ1) is 12.2. The molecule has 0 atom stereocenters. The van der Waals surface area contributed by atoms with Crippen molar-refractivity contribution in [3.63, 3.8) is 0 Å². The number of hydrogen-bond donors (Lipinski definition) is 2. The molecule has 0 aliphatic heterocycles. The van der Waals surface area contributed by atoms with Crippen molar-refractivity contribution in [3.05, 3.63) is 47.5 Å². The molecule has 0 radical (unpaired) electrons. The molecule has 0 bridgehead atoms. The lowest BCUT2D eigenvalue weighted by atomic mass is 10.1. The van der Waals surface area contributed by atoms with E-state index >= 15 is 0 Å². The first-order valence-corrected chi connectivity index (χ1v) is 11.0. The average molecular weight is 394 g/mol. The molecule has 9 heteroatoms. The van der Waals surface area contributed by atoms with Crippen molar-refractivity contribution >= 4 is 25.8 Å². The molecule has 1 aliphatic rings. The summed E-state index contributed by atoms with van der Waals surface area (Å²) in [5.74, 6) is -0.392. The summed E-state index contributed by atoms with van der Waals surface area (Å²) in [7, 11) is -7.38. The third-order valence-corrected chi connectivity index (χ3v) is 7.14. The Balaban J connectivity index is 2.09. The van der Waals surface area contributed by atoms with Gasteiger partial charge in [0.2, 0.25) is 20.0 Å². The van der Waals surface area contributed by atoms with E-state index < -0.39 is 25.8 Å². The molecule has 0 spiro atoms. The van der Waals surface area contributed by atoms with Crippen LogP contribution in [0.2, 0.25) is 0 Å². The van der Waals surface area contributed by atoms with Gasteiger partial charge < -0.3 is 0 Å². The highest BCUT2D eigenvalue weighted by Crippen LogP contribution is 2.38. The number of sulfonamides is 2. The monoisotopic (exact) mass is 394 g/mol. The van der Waals surface area contributed by atoms with Crippen molar-refractivity contribution in [2.75, 3.05) is 13.1 Å². The van der Waals surface area contributed by atoms with Gasteiger partial charge in [0.05, 0.1) is 9.79 Å². The van der Waals surface area contributed by atoms with Crippen LogP contribution in [-0.2, 0) is 20.0 Å². The van der Waals surface area contributed by atoms with E-state index in [4.69, 9.17) is 0 Å². The third-order valence-electron chi connectivity index (χ3n) is 4.05. The molecule has 3 rings (SSSR count). The molecule has 0 saturated carbocycles. The number of nitrogens with one attached hydrogen (secondary N) is 2. The summed E-state index contributed by atoms with van der Waals surface area (Å²) < 4.78 is 53.4. The van der Waals surface area contributed by atoms with E-state index in [9.17, 15) is 21.6 Å². The minimum Gasteiger partial charge on any atom is -0.289 e. The highest BCUT2D eigenvalue weighted by Gasteiger charge is 2.30. The van der Waals surface area contributed by atoms with Gasteiger partial charge in [-0.05, 0) is 35.4 Å². The SMILES string of the molecule is CCNS(=O)(=O)c1ccc2c(c1)C(=O)c1cc(S(=O)(=O)NCC)ccc1-2. The number of fused-ring (bicyclic) bond motifs is 3. The first kappa shape index (κ1) is 18.7. The lowest BCUT2D eigenvalue weighted by molar-refractivity contribution is 0.104. The van der Waals surface area contributed by atoms with Gasteiger partial charge >= 0.3 is 0 Å². The quantitative estimate of drug-likeness (QED) is 0.658. The zero-order valence-electron chi connectivity index (χ0n) is 14.2. The van der Waals surface area contributed by atoms with Crippen LogP contribution in [0.15, 0.2) is 46.2 Å². The highest BCUT2D eigenvalue weighted by atomic mass is 32.2. The van der Waals surface area contributed by atoms with Gasteiger partial charge in [-0.2, -0.15) is 0 Å². The number of carbonyl (C=O) groups is 1. The molecule has 1 aliphatic carbocycles. The Labute approximate surface area is 152 Å². The second-order valence-electron chi connectivity index (χ2n) is 5.75. The van der Waals surface area contributed by atoms with Crippen molar-refractivity contribution < 1.29 is 21.6 Å². The van der Waals surface area contributed by atoms with E-state index in [0.717, 1.165) is 0 Å². The Bertz CT molecular complexity index is 1020. The van der Waals surface area contributed by atoms with Crippen LogP contribution in [0.25, 0.3) is 11.1 Å². The van der Waals surface area contributed by atoms with E-state index in [1.807, 2.05) is 0 Å². The van der Waals surface area contributed by atoms with Crippen LogP contribution >= 0.6 is 0 Å². The number of benzene rings is 2. The van der Waals surface area contributed by atoms with Crippen molar-refractivity contribution in [2.24, 2.45) is 0 Å². The van der Waals surface area contributed by atoms with Crippen LogP contribution in [0.5, 0.6) is 0 Å². The van der Waals surface area contributed by atoms with Gasteiger partial charge in [0, 0.05) is 24.2 Å². The Morgan fingerprint density at radius 3 is 1.42 bits per heavy atom. The summed E-state index contributed by atoms with van der Waals surface area (Å²) in [5.41, 5.74) is 1.68. The van der Waals surface area contributed by atoms with Crippen LogP contribution in [0.4, 0.5) is 0 Å². The number of carbonyl (C=O) groups excluding carboxylic acids is 1. The summed E-state index contributed by atoms with van der Waals surface area (Å²) in [6.07, 6.45) is 0. The summed E-state index contributed by atoms with van der Waals surface area (Å²) in [6.45, 7) is 3.80. The lowest BCUT2D eigenvalue weighted by Gasteiger charge is -2.07. The molecule has 2 aromatic rings. The second-order valence-corrected chi connectivity index (χ2v) is 9.28. The standard InChI is InChI=1S/C17H18N2O5S2/c1-3-18-25(21,22)11-5-7-13-14-8-6-12(26(23,24)19-4-2)10-16(14)17(20)15(13)9-11/h5-10,18-19H,3-4H2,1-2H3. The van der Waals surface area contributed by atoms with E-state index in [2.05, 4.69) is 9.44 Å². The Morgan fingerprint density at radius 2 is 1.08 bits per heavy atom. The zero-order valence-corrected chi connectivity index (χ0v) is 15.9. The van der Waals surface area contributed by atoms with Gasteiger partial charge in [0.1, 0.15) is 0 Å². The van der Waals surface area contributed by atoms with Gasteiger partial charge in [-0.25, -0.2) is 26.3 Å². The number of hydrogen-bond acceptors (Lipinski definition) is 5. The fraction of sp³-hybridized carbons (Fsp3) is 0.235. The Kier molecular flexibility index (Phi) is 4.74. The lowest BCUT2D eigenvalue weighted by Crippen LogP contribution is -2.23. The van der Waals surface area contributed by atoms with Crippen molar-refractivity contribution in [3.8, 4) is 11.1 Å². The fourth-order valence-corrected chi connectivity index (χ4v) is 5.05. The van der Waals surface area contributed by atoms with Gasteiger partial charge in [-0.15, -0.1) is 0 Å². The molecule has 26 heavy (non-hydrogen) atoms. The summed E-state index contributed by atoms with van der Waals surface area (Å²) in [5, 5.41) is 0. The summed E-state index contributed by atoms with van der Waals surface area (Å²) in [6, 6.07) is 8.66. The van der Waals surface area contributed by atoms with E-state index in [-0.39, 0.29) is 34.0 Å². The molecule has 0 fully saturated rings. The van der Waals surface area contributed by atoms with Crippen molar-refractivity contribution in [2.45, 2.75) is 23.6 Å².